The normalized spacial score (nSPS) is 11.6. The first-order valence-corrected chi connectivity index (χ1v) is 2.26. The van der Waals surface area contributed by atoms with Crippen LogP contribution in [0.15, 0.2) is 10.7 Å². The van der Waals surface area contributed by atoms with Crippen molar-refractivity contribution in [2.24, 2.45) is 5.73 Å². The van der Waals surface area contributed by atoms with E-state index in [0.717, 1.165) is 0 Å². The third-order valence-electron chi connectivity index (χ3n) is 0.565. The summed E-state index contributed by atoms with van der Waals surface area (Å²) in [5.41, 5.74) is 4.17. The van der Waals surface area contributed by atoms with E-state index in [0.29, 0.717) is 0 Å². The molecule has 4 nitrogen and oxygen atoms in total. The SMILES string of the molecule is N#C/C(Cl)=C(/N)C(=O)O. The van der Waals surface area contributed by atoms with E-state index in [1.54, 1.807) is 0 Å². The van der Waals surface area contributed by atoms with Crippen molar-refractivity contribution in [1.82, 2.24) is 0 Å². The van der Waals surface area contributed by atoms with Crippen molar-refractivity contribution in [2.45, 2.75) is 0 Å². The molecule has 0 unspecified atom stereocenters. The second-order valence-electron chi connectivity index (χ2n) is 1.14. The van der Waals surface area contributed by atoms with Crippen LogP contribution in [0.3, 0.4) is 0 Å². The Balaban J connectivity index is 4.54. The topological polar surface area (TPSA) is 87.1 Å². The van der Waals surface area contributed by atoms with Crippen LogP contribution in [0.4, 0.5) is 0 Å². The smallest absolute Gasteiger partial charge is 0.354 e. The molecule has 0 aromatic rings. The highest BCUT2D eigenvalue weighted by atomic mass is 35.5. The average Bonchev–Trinajstić information content (AvgIpc) is 1.84. The molecule has 0 aliphatic heterocycles. The number of aliphatic carboxylic acids is 1. The van der Waals surface area contributed by atoms with Crippen LogP contribution < -0.4 is 5.73 Å². The lowest BCUT2D eigenvalue weighted by molar-refractivity contribution is -0.132. The van der Waals surface area contributed by atoms with Crippen LogP contribution in [-0.4, -0.2) is 11.1 Å². The summed E-state index contributed by atoms with van der Waals surface area (Å²) in [5, 5.41) is 15.5. The maximum absolute atomic E-state index is 9.88. The number of allylic oxidation sites excluding steroid dienone is 1. The van der Waals surface area contributed by atoms with Crippen molar-refractivity contribution in [3.63, 3.8) is 0 Å². The van der Waals surface area contributed by atoms with Gasteiger partial charge in [0.1, 0.15) is 16.8 Å². The zero-order valence-corrected chi connectivity index (χ0v) is 5.01. The molecule has 0 heterocycles. The lowest BCUT2D eigenvalue weighted by Crippen LogP contribution is -2.10. The van der Waals surface area contributed by atoms with Gasteiger partial charge in [-0.3, -0.25) is 0 Å². The molecule has 0 rings (SSSR count). The molecule has 0 atom stereocenters. The van der Waals surface area contributed by atoms with E-state index in [1.807, 2.05) is 0 Å². The summed E-state index contributed by atoms with van der Waals surface area (Å²) in [7, 11) is 0. The number of nitriles is 1. The minimum absolute atomic E-state index is 0.498. The van der Waals surface area contributed by atoms with Gasteiger partial charge in [0.2, 0.25) is 0 Å². The van der Waals surface area contributed by atoms with Crippen LogP contribution in [0, 0.1) is 11.3 Å². The summed E-state index contributed by atoms with van der Waals surface area (Å²) in [6, 6.07) is 1.39. The minimum Gasteiger partial charge on any atom is -0.477 e. The monoisotopic (exact) mass is 146 g/mol. The Labute approximate surface area is 56.1 Å². The number of carbonyl (C=O) groups is 1. The number of hydrogen-bond donors (Lipinski definition) is 2. The Kier molecular flexibility index (Phi) is 2.55. The van der Waals surface area contributed by atoms with Crippen LogP contribution in [0.5, 0.6) is 0 Å². The predicted molar refractivity (Wildman–Crippen MR) is 30.3 cm³/mol. The first-order valence-electron chi connectivity index (χ1n) is 1.88. The molecule has 5 heteroatoms. The second-order valence-corrected chi connectivity index (χ2v) is 1.52. The van der Waals surface area contributed by atoms with Crippen molar-refractivity contribution in [1.29, 1.82) is 5.26 Å². The molecule has 0 fully saturated rings. The highest BCUT2D eigenvalue weighted by molar-refractivity contribution is 6.33. The molecular weight excluding hydrogens is 144 g/mol. The van der Waals surface area contributed by atoms with Gasteiger partial charge in [0.15, 0.2) is 0 Å². The number of rotatable bonds is 1. The van der Waals surface area contributed by atoms with Crippen LogP contribution in [0.1, 0.15) is 0 Å². The fourth-order valence-corrected chi connectivity index (χ4v) is 0.235. The van der Waals surface area contributed by atoms with Gasteiger partial charge in [-0.25, -0.2) is 4.79 Å². The molecule has 0 bridgehead atoms. The Morgan fingerprint density at radius 3 is 2.33 bits per heavy atom. The molecule has 0 amide bonds. The maximum atomic E-state index is 9.88. The van der Waals surface area contributed by atoms with E-state index in [1.165, 1.54) is 6.07 Å². The lowest BCUT2D eigenvalue weighted by Gasteiger charge is -1.88. The minimum atomic E-state index is -1.39. The summed E-state index contributed by atoms with van der Waals surface area (Å²) in [4.78, 5) is 9.88. The number of nitrogens with two attached hydrogens (primary N) is 1. The number of carboxylic acid groups (broad SMARTS) is 1. The van der Waals surface area contributed by atoms with E-state index in [4.69, 9.17) is 27.7 Å². The van der Waals surface area contributed by atoms with Crippen molar-refractivity contribution in [2.75, 3.05) is 0 Å². The van der Waals surface area contributed by atoms with Crippen LogP contribution in [0.25, 0.3) is 0 Å². The van der Waals surface area contributed by atoms with Gasteiger partial charge in [-0.1, -0.05) is 11.6 Å². The maximum Gasteiger partial charge on any atom is 0.354 e. The van der Waals surface area contributed by atoms with E-state index in [2.05, 4.69) is 0 Å². The second kappa shape index (κ2) is 2.95. The molecule has 0 aromatic heterocycles. The zero-order valence-electron chi connectivity index (χ0n) is 4.26. The predicted octanol–water partition coefficient (Wildman–Crippen LogP) is 0.00368. The molecule has 48 valence electrons. The van der Waals surface area contributed by atoms with Gasteiger partial charge < -0.3 is 10.8 Å². The molecule has 0 aliphatic rings. The summed E-state index contributed by atoms with van der Waals surface area (Å²) in [5.74, 6) is -1.39. The molecule has 0 saturated heterocycles. The van der Waals surface area contributed by atoms with E-state index >= 15 is 0 Å². The largest absolute Gasteiger partial charge is 0.477 e. The van der Waals surface area contributed by atoms with E-state index < -0.39 is 16.7 Å². The summed E-state index contributed by atoms with van der Waals surface area (Å²) in [6.07, 6.45) is 0. The zero-order chi connectivity index (χ0) is 7.44. The molecule has 0 spiro atoms. The quantitative estimate of drug-likeness (QED) is 0.403. The molecule has 0 saturated carbocycles. The summed E-state index contributed by atoms with van der Waals surface area (Å²) >= 11 is 5.02. The molecular formula is C4H3ClN2O2. The fraction of sp³-hybridized carbons (Fsp3) is 0. The summed E-state index contributed by atoms with van der Waals surface area (Å²) < 4.78 is 0. The number of carboxylic acids is 1. The lowest BCUT2D eigenvalue weighted by atomic mass is 10.4. The average molecular weight is 147 g/mol. The fourth-order valence-electron chi connectivity index (χ4n) is 0.154. The molecule has 0 aromatic carbocycles. The molecule has 0 aliphatic carbocycles. The molecule has 3 N–H and O–H groups in total. The van der Waals surface area contributed by atoms with Crippen LogP contribution in [-0.2, 0) is 4.79 Å². The van der Waals surface area contributed by atoms with Crippen molar-refractivity contribution in [3.05, 3.63) is 10.7 Å². The number of hydrogen-bond acceptors (Lipinski definition) is 3. The van der Waals surface area contributed by atoms with E-state index in [9.17, 15) is 4.79 Å². The summed E-state index contributed by atoms with van der Waals surface area (Å²) in [6.45, 7) is 0. The van der Waals surface area contributed by atoms with Gasteiger partial charge in [-0.15, -0.1) is 0 Å². The standard InChI is InChI=1S/C4H3ClN2O2/c5-2(1-6)3(7)4(8)9/h7H2,(H,8,9)/b3-2-. The third-order valence-corrected chi connectivity index (χ3v) is 0.853. The van der Waals surface area contributed by atoms with Gasteiger partial charge in [-0.05, 0) is 0 Å². The van der Waals surface area contributed by atoms with Crippen LogP contribution >= 0.6 is 11.6 Å². The van der Waals surface area contributed by atoms with Gasteiger partial charge in [0.05, 0.1) is 0 Å². The van der Waals surface area contributed by atoms with Crippen LogP contribution in [0.2, 0.25) is 0 Å². The molecule has 0 radical (unpaired) electrons. The third kappa shape index (κ3) is 2.02. The Morgan fingerprint density at radius 1 is 1.78 bits per heavy atom. The Hall–Kier alpha value is -1.21. The first-order chi connectivity index (χ1) is 4.09. The highest BCUT2D eigenvalue weighted by Crippen LogP contribution is 2.01. The van der Waals surface area contributed by atoms with Crippen molar-refractivity contribution >= 4 is 17.6 Å². The van der Waals surface area contributed by atoms with Crippen molar-refractivity contribution < 1.29 is 9.90 Å². The van der Waals surface area contributed by atoms with Gasteiger partial charge >= 0.3 is 5.97 Å². The van der Waals surface area contributed by atoms with Crippen molar-refractivity contribution in [3.8, 4) is 6.07 Å². The van der Waals surface area contributed by atoms with Gasteiger partial charge in [0.25, 0.3) is 0 Å². The Morgan fingerprint density at radius 2 is 2.22 bits per heavy atom. The van der Waals surface area contributed by atoms with Gasteiger partial charge in [-0.2, -0.15) is 5.26 Å². The highest BCUT2D eigenvalue weighted by Gasteiger charge is 2.06. The number of nitrogens with zero attached hydrogens (tertiary/aromatic N) is 1. The van der Waals surface area contributed by atoms with Gasteiger partial charge in [0, 0.05) is 0 Å². The van der Waals surface area contributed by atoms with E-state index in [-0.39, 0.29) is 0 Å². The first kappa shape index (κ1) is 7.79. The molecule has 9 heavy (non-hydrogen) atoms. The Bertz CT molecular complexity index is 203. The number of halogens is 1.